The van der Waals surface area contributed by atoms with Gasteiger partial charge in [-0.25, -0.2) is 8.42 Å². The number of nitrogens with two attached hydrogens (primary N) is 1. The Balaban J connectivity index is 3.48. The molecule has 0 fully saturated rings. The minimum Gasteiger partial charge on any atom is -0.396 e. The highest BCUT2D eigenvalue weighted by Crippen LogP contribution is 2.42. The molecule has 0 radical (unpaired) electrons. The monoisotopic (exact) mass is 334 g/mol. The Labute approximate surface area is 129 Å². The zero-order valence-electron chi connectivity index (χ0n) is 12.8. The maximum atomic E-state index is 12.3. The van der Waals surface area contributed by atoms with E-state index in [4.69, 9.17) is 10.5 Å². The molecule has 1 aromatic heterocycles. The van der Waals surface area contributed by atoms with Crippen molar-refractivity contribution >= 4 is 37.6 Å². The van der Waals surface area contributed by atoms with Crippen molar-refractivity contribution in [2.75, 3.05) is 43.2 Å². The van der Waals surface area contributed by atoms with E-state index in [1.807, 2.05) is 11.8 Å². The molecule has 0 aliphatic rings. The van der Waals surface area contributed by atoms with Crippen LogP contribution in [0.3, 0.4) is 0 Å². The maximum Gasteiger partial charge on any atom is 0.183 e. The van der Waals surface area contributed by atoms with Gasteiger partial charge in [-0.3, -0.25) is 4.79 Å². The van der Waals surface area contributed by atoms with Crippen molar-refractivity contribution < 1.29 is 17.9 Å². The summed E-state index contributed by atoms with van der Waals surface area (Å²) in [5, 5.41) is 0.527. The van der Waals surface area contributed by atoms with E-state index in [1.54, 1.807) is 14.0 Å². The number of sulfone groups is 1. The molecule has 8 heteroatoms. The normalized spacial score (nSPS) is 11.6. The summed E-state index contributed by atoms with van der Waals surface area (Å²) in [5.74, 6) is -0.279. The number of rotatable bonds is 8. The van der Waals surface area contributed by atoms with Crippen molar-refractivity contribution in [2.45, 2.75) is 25.7 Å². The first-order valence-corrected chi connectivity index (χ1v) is 9.16. The third-order valence-electron chi connectivity index (χ3n) is 3.13. The Hall–Kier alpha value is -1.12. The third kappa shape index (κ3) is 3.75. The summed E-state index contributed by atoms with van der Waals surface area (Å²) in [7, 11) is -1.92. The standard InChI is InChI=1S/C13H22N2O4S2/c1-5-15(7-8-19-4)13-12(21(17,18)6-2)10(14)11(20-13)9(3)16/h5-8,14H2,1-4H3. The minimum absolute atomic E-state index is 0.0554. The molecule has 0 aliphatic heterocycles. The SMILES string of the molecule is CCN(CCOC)c1sc(C(C)=O)c(N)c1S(=O)(=O)CC. The second-order valence-electron chi connectivity index (χ2n) is 4.51. The molecule has 120 valence electrons. The fourth-order valence-corrected chi connectivity index (χ4v) is 4.73. The number of Topliss-reactive ketones (excluding diaryl/α,β-unsaturated/α-hetero) is 1. The van der Waals surface area contributed by atoms with Gasteiger partial charge in [-0.2, -0.15) is 0 Å². The number of carbonyl (C=O) groups is 1. The summed E-state index contributed by atoms with van der Waals surface area (Å²) in [6.07, 6.45) is 0. The molecule has 1 heterocycles. The van der Waals surface area contributed by atoms with Crippen LogP contribution in [-0.2, 0) is 14.6 Å². The summed E-state index contributed by atoms with van der Waals surface area (Å²) in [6.45, 7) is 6.48. The third-order valence-corrected chi connectivity index (χ3v) is 6.42. The lowest BCUT2D eigenvalue weighted by molar-refractivity contribution is 0.102. The number of ether oxygens (including phenoxy) is 1. The van der Waals surface area contributed by atoms with Gasteiger partial charge in [0.15, 0.2) is 15.6 Å². The number of anilines is 2. The topological polar surface area (TPSA) is 89.7 Å². The van der Waals surface area contributed by atoms with E-state index in [0.29, 0.717) is 29.6 Å². The maximum absolute atomic E-state index is 12.3. The van der Waals surface area contributed by atoms with Crippen molar-refractivity contribution in [3.63, 3.8) is 0 Å². The molecule has 2 N–H and O–H groups in total. The molecule has 0 saturated carbocycles. The number of carbonyl (C=O) groups excluding carboxylic acids is 1. The zero-order valence-corrected chi connectivity index (χ0v) is 14.4. The highest BCUT2D eigenvalue weighted by molar-refractivity contribution is 7.92. The number of nitrogen functional groups attached to an aromatic ring is 1. The summed E-state index contributed by atoms with van der Waals surface area (Å²) in [4.78, 5) is 13.9. The van der Waals surface area contributed by atoms with Gasteiger partial charge in [0.1, 0.15) is 9.90 Å². The minimum atomic E-state index is -3.50. The highest BCUT2D eigenvalue weighted by Gasteiger charge is 2.29. The number of nitrogens with zero attached hydrogens (tertiary/aromatic N) is 1. The number of likely N-dealkylation sites (N-methyl/N-ethyl adjacent to an activating group) is 1. The first-order chi connectivity index (χ1) is 9.80. The number of thiophene rings is 1. The van der Waals surface area contributed by atoms with Crippen LogP contribution >= 0.6 is 11.3 Å². The molecule has 1 aromatic rings. The number of hydrogen-bond donors (Lipinski definition) is 1. The van der Waals surface area contributed by atoms with Crippen LogP contribution in [0.15, 0.2) is 4.90 Å². The number of ketones is 1. The molecule has 0 unspecified atom stereocenters. The average Bonchev–Trinajstić information content (AvgIpc) is 2.78. The van der Waals surface area contributed by atoms with Crippen LogP contribution in [0.2, 0.25) is 0 Å². The largest absolute Gasteiger partial charge is 0.396 e. The van der Waals surface area contributed by atoms with E-state index < -0.39 is 9.84 Å². The quantitative estimate of drug-likeness (QED) is 0.729. The Morgan fingerprint density at radius 1 is 1.38 bits per heavy atom. The Morgan fingerprint density at radius 2 is 2.00 bits per heavy atom. The predicted molar refractivity (Wildman–Crippen MR) is 86.2 cm³/mol. The van der Waals surface area contributed by atoms with Gasteiger partial charge in [0.2, 0.25) is 0 Å². The molecule has 0 saturated heterocycles. The van der Waals surface area contributed by atoms with E-state index in [1.165, 1.54) is 6.92 Å². The lowest BCUT2D eigenvalue weighted by Crippen LogP contribution is -2.27. The van der Waals surface area contributed by atoms with Gasteiger partial charge in [0.05, 0.1) is 22.9 Å². The van der Waals surface area contributed by atoms with Gasteiger partial charge in [-0.1, -0.05) is 6.92 Å². The first kappa shape index (κ1) is 17.9. The smallest absolute Gasteiger partial charge is 0.183 e. The Kier molecular flexibility index (Phi) is 6.18. The van der Waals surface area contributed by atoms with Gasteiger partial charge >= 0.3 is 0 Å². The predicted octanol–water partition coefficient (Wildman–Crippen LogP) is 1.80. The lowest BCUT2D eigenvalue weighted by Gasteiger charge is -2.22. The van der Waals surface area contributed by atoms with Crippen LogP contribution in [0, 0.1) is 0 Å². The Morgan fingerprint density at radius 3 is 2.43 bits per heavy atom. The van der Waals surface area contributed by atoms with Gasteiger partial charge in [0, 0.05) is 27.1 Å². The second-order valence-corrected chi connectivity index (χ2v) is 7.73. The molecule has 0 amide bonds. The van der Waals surface area contributed by atoms with Crippen LogP contribution in [-0.4, -0.2) is 46.8 Å². The van der Waals surface area contributed by atoms with Crippen LogP contribution in [0.4, 0.5) is 10.7 Å². The number of methoxy groups -OCH3 is 1. The molecule has 6 nitrogen and oxygen atoms in total. The fourth-order valence-electron chi connectivity index (χ4n) is 1.94. The van der Waals surface area contributed by atoms with Gasteiger partial charge < -0.3 is 15.4 Å². The first-order valence-electron chi connectivity index (χ1n) is 6.69. The van der Waals surface area contributed by atoms with Crippen molar-refractivity contribution in [1.82, 2.24) is 0 Å². The molecular weight excluding hydrogens is 312 g/mol. The van der Waals surface area contributed by atoms with Crippen LogP contribution in [0.25, 0.3) is 0 Å². The molecule has 0 aliphatic carbocycles. The second kappa shape index (κ2) is 7.24. The molecule has 0 bridgehead atoms. The van der Waals surface area contributed by atoms with Crippen molar-refractivity contribution in [3.05, 3.63) is 4.88 Å². The lowest BCUT2D eigenvalue weighted by atomic mass is 10.3. The fraction of sp³-hybridized carbons (Fsp3) is 0.615. The van der Waals surface area contributed by atoms with Crippen molar-refractivity contribution in [2.24, 2.45) is 0 Å². The number of hydrogen-bond acceptors (Lipinski definition) is 7. The van der Waals surface area contributed by atoms with Crippen molar-refractivity contribution in [1.29, 1.82) is 0 Å². The highest BCUT2D eigenvalue weighted by atomic mass is 32.2. The average molecular weight is 334 g/mol. The molecule has 0 atom stereocenters. The molecular formula is C13H22N2O4S2. The van der Waals surface area contributed by atoms with Crippen molar-refractivity contribution in [3.8, 4) is 0 Å². The summed E-state index contributed by atoms with van der Waals surface area (Å²) < 4.78 is 29.7. The molecule has 1 rings (SSSR count). The Bertz CT molecular complexity index is 608. The zero-order chi connectivity index (χ0) is 16.2. The van der Waals surface area contributed by atoms with E-state index in [-0.39, 0.29) is 22.1 Å². The van der Waals surface area contributed by atoms with Gasteiger partial charge in [-0.15, -0.1) is 11.3 Å². The summed E-state index contributed by atoms with van der Waals surface area (Å²) in [6, 6.07) is 0. The van der Waals surface area contributed by atoms with Crippen LogP contribution in [0.5, 0.6) is 0 Å². The molecule has 0 spiro atoms. The van der Waals surface area contributed by atoms with E-state index in [2.05, 4.69) is 0 Å². The molecule has 0 aromatic carbocycles. The molecule has 21 heavy (non-hydrogen) atoms. The van der Waals surface area contributed by atoms with Crippen LogP contribution < -0.4 is 10.6 Å². The van der Waals surface area contributed by atoms with Gasteiger partial charge in [-0.05, 0) is 6.92 Å². The van der Waals surface area contributed by atoms with Crippen LogP contribution in [0.1, 0.15) is 30.4 Å². The van der Waals surface area contributed by atoms with E-state index in [0.717, 1.165) is 11.3 Å². The van der Waals surface area contributed by atoms with Gasteiger partial charge in [0.25, 0.3) is 0 Å². The summed E-state index contributed by atoms with van der Waals surface area (Å²) >= 11 is 1.14. The summed E-state index contributed by atoms with van der Waals surface area (Å²) in [5.41, 5.74) is 6.01. The van der Waals surface area contributed by atoms with E-state index >= 15 is 0 Å². The van der Waals surface area contributed by atoms with E-state index in [9.17, 15) is 13.2 Å².